The molecule has 1 aliphatic heterocycles. The Balaban J connectivity index is 2.39. The van der Waals surface area contributed by atoms with Crippen molar-refractivity contribution in [2.45, 2.75) is 32.2 Å². The largest absolute Gasteiger partial charge is 0.306 e. The zero-order chi connectivity index (χ0) is 11.5. The molecular formula is C12H23N3. The second-order valence-corrected chi connectivity index (χ2v) is 5.30. The van der Waals surface area contributed by atoms with Crippen LogP contribution in [0.4, 0.5) is 0 Å². The Morgan fingerprint density at radius 1 is 1.40 bits per heavy atom. The molecule has 86 valence electrons. The van der Waals surface area contributed by atoms with Crippen LogP contribution >= 0.6 is 0 Å². The highest BCUT2D eigenvalue weighted by atomic mass is 15.2. The van der Waals surface area contributed by atoms with Crippen molar-refractivity contribution in [1.29, 1.82) is 5.26 Å². The van der Waals surface area contributed by atoms with Crippen LogP contribution in [0.15, 0.2) is 0 Å². The fourth-order valence-electron chi connectivity index (χ4n) is 1.95. The SMILES string of the molecule is CN1CCC(CN(C)C(C)(C)C#N)CC1. The van der Waals surface area contributed by atoms with E-state index in [9.17, 15) is 0 Å². The monoisotopic (exact) mass is 209 g/mol. The summed E-state index contributed by atoms with van der Waals surface area (Å²) in [6, 6.07) is 2.35. The molecule has 1 rings (SSSR count). The summed E-state index contributed by atoms with van der Waals surface area (Å²) in [5.41, 5.74) is -0.330. The standard InChI is InChI=1S/C12H23N3/c1-12(2,10-13)15(4)9-11-5-7-14(3)8-6-11/h11H,5-9H2,1-4H3. The first kappa shape index (κ1) is 12.5. The average Bonchev–Trinajstić information content (AvgIpc) is 2.21. The van der Waals surface area contributed by atoms with Gasteiger partial charge < -0.3 is 4.90 Å². The number of nitriles is 1. The van der Waals surface area contributed by atoms with Gasteiger partial charge >= 0.3 is 0 Å². The van der Waals surface area contributed by atoms with Gasteiger partial charge in [-0.25, -0.2) is 0 Å². The van der Waals surface area contributed by atoms with E-state index in [-0.39, 0.29) is 5.54 Å². The van der Waals surface area contributed by atoms with Crippen LogP contribution in [-0.4, -0.2) is 49.1 Å². The molecule has 0 aromatic carbocycles. The van der Waals surface area contributed by atoms with Gasteiger partial charge in [-0.15, -0.1) is 0 Å². The topological polar surface area (TPSA) is 30.3 Å². The maximum absolute atomic E-state index is 9.04. The van der Waals surface area contributed by atoms with Gasteiger partial charge in [-0.05, 0) is 59.8 Å². The second-order valence-electron chi connectivity index (χ2n) is 5.30. The molecule has 1 fully saturated rings. The number of nitrogens with zero attached hydrogens (tertiary/aromatic N) is 3. The van der Waals surface area contributed by atoms with E-state index in [0.717, 1.165) is 12.5 Å². The van der Waals surface area contributed by atoms with Crippen LogP contribution < -0.4 is 0 Å². The van der Waals surface area contributed by atoms with E-state index >= 15 is 0 Å². The number of likely N-dealkylation sites (tertiary alicyclic amines) is 1. The molecule has 1 heterocycles. The van der Waals surface area contributed by atoms with Crippen molar-refractivity contribution in [3.8, 4) is 6.07 Å². The van der Waals surface area contributed by atoms with Gasteiger partial charge in [0, 0.05) is 6.54 Å². The van der Waals surface area contributed by atoms with E-state index in [1.807, 2.05) is 13.8 Å². The quantitative estimate of drug-likeness (QED) is 0.706. The number of hydrogen-bond acceptors (Lipinski definition) is 3. The summed E-state index contributed by atoms with van der Waals surface area (Å²) in [6.07, 6.45) is 2.53. The molecule has 3 heteroatoms. The summed E-state index contributed by atoms with van der Waals surface area (Å²) >= 11 is 0. The van der Waals surface area contributed by atoms with Gasteiger partial charge in [0.15, 0.2) is 0 Å². The molecule has 0 unspecified atom stereocenters. The molecule has 0 radical (unpaired) electrons. The summed E-state index contributed by atoms with van der Waals surface area (Å²) in [7, 11) is 4.24. The summed E-state index contributed by atoms with van der Waals surface area (Å²) in [5, 5.41) is 9.04. The number of rotatable bonds is 3. The highest BCUT2D eigenvalue weighted by molar-refractivity contribution is 5.01. The lowest BCUT2D eigenvalue weighted by molar-refractivity contribution is 0.135. The Kier molecular flexibility index (Phi) is 4.12. The molecule has 0 aromatic rings. The molecule has 0 atom stereocenters. The Bertz CT molecular complexity index is 234. The van der Waals surface area contributed by atoms with Crippen molar-refractivity contribution < 1.29 is 0 Å². The third-order valence-corrected chi connectivity index (χ3v) is 3.60. The minimum Gasteiger partial charge on any atom is -0.306 e. The van der Waals surface area contributed by atoms with Gasteiger partial charge in [-0.2, -0.15) is 5.26 Å². The van der Waals surface area contributed by atoms with Gasteiger partial charge in [0.05, 0.1) is 6.07 Å². The Morgan fingerprint density at radius 3 is 2.40 bits per heavy atom. The van der Waals surface area contributed by atoms with Crippen molar-refractivity contribution in [3.05, 3.63) is 0 Å². The van der Waals surface area contributed by atoms with Crippen LogP contribution in [0.3, 0.4) is 0 Å². The first-order valence-electron chi connectivity index (χ1n) is 5.77. The Hall–Kier alpha value is -0.590. The van der Waals surface area contributed by atoms with E-state index in [1.165, 1.54) is 25.9 Å². The second kappa shape index (κ2) is 4.96. The van der Waals surface area contributed by atoms with Crippen molar-refractivity contribution in [2.24, 2.45) is 5.92 Å². The molecule has 0 N–H and O–H groups in total. The lowest BCUT2D eigenvalue weighted by Gasteiger charge is -2.35. The van der Waals surface area contributed by atoms with Crippen molar-refractivity contribution in [3.63, 3.8) is 0 Å². The molecule has 3 nitrogen and oxygen atoms in total. The van der Waals surface area contributed by atoms with Crippen LogP contribution in [0.5, 0.6) is 0 Å². The van der Waals surface area contributed by atoms with Crippen LogP contribution in [0, 0.1) is 17.2 Å². The zero-order valence-electron chi connectivity index (χ0n) is 10.5. The van der Waals surface area contributed by atoms with E-state index < -0.39 is 0 Å². The van der Waals surface area contributed by atoms with E-state index in [4.69, 9.17) is 5.26 Å². The van der Waals surface area contributed by atoms with Crippen molar-refractivity contribution >= 4 is 0 Å². The normalized spacial score (nSPS) is 20.5. The minimum absolute atomic E-state index is 0.330. The Labute approximate surface area is 93.7 Å². The first-order chi connectivity index (χ1) is 6.95. The summed E-state index contributed by atoms with van der Waals surface area (Å²) < 4.78 is 0. The highest BCUT2D eigenvalue weighted by Gasteiger charge is 2.26. The maximum atomic E-state index is 9.04. The van der Waals surface area contributed by atoms with Crippen LogP contribution in [0.1, 0.15) is 26.7 Å². The molecule has 0 bridgehead atoms. The molecule has 0 saturated carbocycles. The lowest BCUT2D eigenvalue weighted by Crippen LogP contribution is -2.44. The highest BCUT2D eigenvalue weighted by Crippen LogP contribution is 2.20. The smallest absolute Gasteiger partial charge is 0.103 e. The van der Waals surface area contributed by atoms with Crippen molar-refractivity contribution in [2.75, 3.05) is 33.7 Å². The number of piperidine rings is 1. The van der Waals surface area contributed by atoms with E-state index in [1.54, 1.807) is 0 Å². The van der Waals surface area contributed by atoms with Gasteiger partial charge in [0.2, 0.25) is 0 Å². The molecule has 1 aliphatic rings. The lowest BCUT2D eigenvalue weighted by atomic mass is 9.94. The predicted octanol–water partition coefficient (Wildman–Crippen LogP) is 1.56. The van der Waals surface area contributed by atoms with E-state index in [0.29, 0.717) is 0 Å². The molecule has 1 saturated heterocycles. The molecule has 0 aliphatic carbocycles. The molecule has 0 spiro atoms. The Morgan fingerprint density at radius 2 is 1.93 bits per heavy atom. The summed E-state index contributed by atoms with van der Waals surface area (Å²) in [4.78, 5) is 4.56. The van der Waals surface area contributed by atoms with Crippen LogP contribution in [0.25, 0.3) is 0 Å². The van der Waals surface area contributed by atoms with Crippen molar-refractivity contribution in [1.82, 2.24) is 9.80 Å². The predicted molar refractivity (Wildman–Crippen MR) is 62.5 cm³/mol. The third kappa shape index (κ3) is 3.48. The fourth-order valence-corrected chi connectivity index (χ4v) is 1.95. The van der Waals surface area contributed by atoms with Gasteiger partial charge in [0.25, 0.3) is 0 Å². The molecule has 0 aromatic heterocycles. The zero-order valence-corrected chi connectivity index (χ0v) is 10.5. The summed E-state index contributed by atoms with van der Waals surface area (Å²) in [6.45, 7) is 7.43. The average molecular weight is 209 g/mol. The van der Waals surface area contributed by atoms with Gasteiger partial charge in [0.1, 0.15) is 5.54 Å². The van der Waals surface area contributed by atoms with Crippen LogP contribution in [-0.2, 0) is 0 Å². The van der Waals surface area contributed by atoms with Gasteiger partial charge in [-0.1, -0.05) is 0 Å². The summed E-state index contributed by atoms with van der Waals surface area (Å²) in [5.74, 6) is 0.763. The van der Waals surface area contributed by atoms with Gasteiger partial charge in [-0.3, -0.25) is 4.90 Å². The van der Waals surface area contributed by atoms with Crippen LogP contribution in [0.2, 0.25) is 0 Å². The fraction of sp³-hybridized carbons (Fsp3) is 0.917. The third-order valence-electron chi connectivity index (χ3n) is 3.60. The molecule has 15 heavy (non-hydrogen) atoms. The van der Waals surface area contributed by atoms with E-state index in [2.05, 4.69) is 30.0 Å². The molecular weight excluding hydrogens is 186 g/mol. The number of hydrogen-bond donors (Lipinski definition) is 0. The molecule has 0 amide bonds. The first-order valence-corrected chi connectivity index (χ1v) is 5.77. The maximum Gasteiger partial charge on any atom is 0.103 e. The minimum atomic E-state index is -0.330.